The van der Waals surface area contributed by atoms with E-state index in [1.165, 1.54) is 0 Å². The van der Waals surface area contributed by atoms with Crippen molar-refractivity contribution < 1.29 is 13.9 Å². The maximum absolute atomic E-state index is 12.5. The maximum atomic E-state index is 12.5. The number of hydrogen-bond donors (Lipinski definition) is 0. The Morgan fingerprint density at radius 3 is 2.58 bits per heavy atom. The molecule has 0 N–H and O–H groups in total. The molecule has 0 bridgehead atoms. The summed E-state index contributed by atoms with van der Waals surface area (Å²) in [6, 6.07) is 13.2. The summed E-state index contributed by atoms with van der Waals surface area (Å²) >= 11 is 0. The van der Waals surface area contributed by atoms with Crippen molar-refractivity contribution in [3.05, 3.63) is 69.6 Å². The van der Waals surface area contributed by atoms with Crippen molar-refractivity contribution in [3.8, 4) is 11.1 Å². The Labute approximate surface area is 139 Å². The fourth-order valence-corrected chi connectivity index (χ4v) is 2.84. The minimum Gasteiger partial charge on any atom is -0.462 e. The zero-order chi connectivity index (χ0) is 17.3. The third-order valence-corrected chi connectivity index (χ3v) is 3.96. The second kappa shape index (κ2) is 6.32. The Kier molecular flexibility index (Phi) is 4.21. The Hall–Kier alpha value is -2.88. The molecule has 1 heterocycles. The lowest BCUT2D eigenvalue weighted by molar-refractivity contribution is 0.0523. The van der Waals surface area contributed by atoms with Crippen molar-refractivity contribution in [2.45, 2.75) is 20.8 Å². The molecule has 2 aromatic carbocycles. The molecule has 0 atom stereocenters. The number of aryl methyl sites for hydroxylation is 2. The predicted molar refractivity (Wildman–Crippen MR) is 93.4 cm³/mol. The third-order valence-electron chi connectivity index (χ3n) is 3.96. The van der Waals surface area contributed by atoms with Crippen molar-refractivity contribution in [3.63, 3.8) is 0 Å². The fraction of sp³-hybridized carbons (Fsp3) is 0.200. The largest absolute Gasteiger partial charge is 0.462 e. The van der Waals surface area contributed by atoms with Gasteiger partial charge in [-0.05, 0) is 44.0 Å². The van der Waals surface area contributed by atoms with Gasteiger partial charge >= 0.3 is 11.6 Å². The number of benzene rings is 2. The molecule has 0 saturated carbocycles. The first kappa shape index (κ1) is 16.0. The van der Waals surface area contributed by atoms with Crippen molar-refractivity contribution in [1.29, 1.82) is 0 Å². The number of carbonyl (C=O) groups is 1. The topological polar surface area (TPSA) is 56.5 Å². The smallest absolute Gasteiger partial charge is 0.351 e. The molecule has 0 fully saturated rings. The first-order valence-corrected chi connectivity index (χ1v) is 7.83. The lowest BCUT2D eigenvalue weighted by Gasteiger charge is -2.13. The number of rotatable bonds is 3. The van der Waals surface area contributed by atoms with E-state index >= 15 is 0 Å². The molecule has 0 aliphatic carbocycles. The van der Waals surface area contributed by atoms with Gasteiger partial charge < -0.3 is 9.15 Å². The highest BCUT2D eigenvalue weighted by molar-refractivity contribution is 6.06. The molecule has 4 heteroatoms. The van der Waals surface area contributed by atoms with E-state index in [-0.39, 0.29) is 12.2 Å². The van der Waals surface area contributed by atoms with E-state index in [1.807, 2.05) is 50.2 Å². The van der Waals surface area contributed by atoms with Gasteiger partial charge in [0.25, 0.3) is 0 Å². The van der Waals surface area contributed by atoms with Crippen LogP contribution in [0.1, 0.15) is 28.4 Å². The van der Waals surface area contributed by atoms with Crippen LogP contribution in [0.15, 0.2) is 51.7 Å². The Balaban J connectivity index is 2.48. The van der Waals surface area contributed by atoms with Gasteiger partial charge in [0.2, 0.25) is 0 Å². The number of ether oxygens (including phenoxy) is 1. The zero-order valence-corrected chi connectivity index (χ0v) is 13.9. The van der Waals surface area contributed by atoms with Gasteiger partial charge in [-0.3, -0.25) is 0 Å². The van der Waals surface area contributed by atoms with Gasteiger partial charge in [0.05, 0.1) is 6.61 Å². The summed E-state index contributed by atoms with van der Waals surface area (Å²) < 4.78 is 10.5. The highest BCUT2D eigenvalue weighted by Crippen LogP contribution is 2.33. The SMILES string of the molecule is CCOC(=O)c1c(-c2ccccc2C)c2cc(C)ccc2oc1=O. The summed E-state index contributed by atoms with van der Waals surface area (Å²) in [6.45, 7) is 5.80. The van der Waals surface area contributed by atoms with Crippen LogP contribution in [0.3, 0.4) is 0 Å². The van der Waals surface area contributed by atoms with Crippen molar-refractivity contribution in [2.24, 2.45) is 0 Å². The Bertz CT molecular complexity index is 983. The lowest BCUT2D eigenvalue weighted by Crippen LogP contribution is -2.18. The standard InChI is InChI=1S/C20H18O4/c1-4-23-19(21)18-17(14-8-6-5-7-13(14)3)15-11-12(2)9-10-16(15)24-20(18)22/h5-11H,4H2,1-3H3. The molecule has 0 aliphatic rings. The molecule has 24 heavy (non-hydrogen) atoms. The van der Waals surface area contributed by atoms with E-state index in [0.717, 1.165) is 22.1 Å². The van der Waals surface area contributed by atoms with Crippen LogP contribution in [0.4, 0.5) is 0 Å². The van der Waals surface area contributed by atoms with E-state index in [0.29, 0.717) is 11.1 Å². The van der Waals surface area contributed by atoms with Gasteiger partial charge in [-0.1, -0.05) is 35.9 Å². The predicted octanol–water partition coefficient (Wildman–Crippen LogP) is 4.25. The molecule has 3 rings (SSSR count). The number of carbonyl (C=O) groups excluding carboxylic acids is 1. The summed E-state index contributed by atoms with van der Waals surface area (Å²) in [5.41, 5.74) is 3.10. The minimum absolute atomic E-state index is 0.0516. The molecule has 0 spiro atoms. The van der Waals surface area contributed by atoms with Gasteiger partial charge in [-0.2, -0.15) is 0 Å². The quantitative estimate of drug-likeness (QED) is 0.534. The molecule has 0 radical (unpaired) electrons. The van der Waals surface area contributed by atoms with Crippen molar-refractivity contribution in [1.82, 2.24) is 0 Å². The van der Waals surface area contributed by atoms with Crippen LogP contribution in [0.25, 0.3) is 22.1 Å². The number of hydrogen-bond acceptors (Lipinski definition) is 4. The molecule has 0 aliphatic heterocycles. The molecule has 0 amide bonds. The van der Waals surface area contributed by atoms with Crippen LogP contribution in [0.5, 0.6) is 0 Å². The van der Waals surface area contributed by atoms with E-state index < -0.39 is 11.6 Å². The van der Waals surface area contributed by atoms with Gasteiger partial charge in [0, 0.05) is 10.9 Å². The fourth-order valence-electron chi connectivity index (χ4n) is 2.84. The number of esters is 1. The van der Waals surface area contributed by atoms with Crippen LogP contribution in [0.2, 0.25) is 0 Å². The molecule has 0 saturated heterocycles. The zero-order valence-electron chi connectivity index (χ0n) is 13.9. The summed E-state index contributed by atoms with van der Waals surface area (Å²) in [5, 5.41) is 0.729. The lowest BCUT2D eigenvalue weighted by atomic mass is 9.93. The van der Waals surface area contributed by atoms with Gasteiger partial charge in [0.15, 0.2) is 5.56 Å². The molecule has 122 valence electrons. The highest BCUT2D eigenvalue weighted by atomic mass is 16.5. The normalized spacial score (nSPS) is 10.8. The first-order chi connectivity index (χ1) is 11.5. The Morgan fingerprint density at radius 2 is 1.88 bits per heavy atom. The van der Waals surface area contributed by atoms with E-state index in [9.17, 15) is 9.59 Å². The molecule has 1 aromatic heterocycles. The first-order valence-electron chi connectivity index (χ1n) is 7.83. The molecular formula is C20H18O4. The second-order valence-corrected chi connectivity index (χ2v) is 5.67. The second-order valence-electron chi connectivity index (χ2n) is 5.67. The molecule has 0 unspecified atom stereocenters. The van der Waals surface area contributed by atoms with Crippen LogP contribution in [-0.4, -0.2) is 12.6 Å². The minimum atomic E-state index is -0.678. The van der Waals surface area contributed by atoms with Crippen molar-refractivity contribution in [2.75, 3.05) is 6.61 Å². The van der Waals surface area contributed by atoms with E-state index in [1.54, 1.807) is 13.0 Å². The average Bonchev–Trinajstić information content (AvgIpc) is 2.55. The van der Waals surface area contributed by atoms with Crippen LogP contribution in [0, 0.1) is 13.8 Å². The average molecular weight is 322 g/mol. The van der Waals surface area contributed by atoms with Gasteiger partial charge in [0.1, 0.15) is 5.58 Å². The summed E-state index contributed by atoms with van der Waals surface area (Å²) in [5.74, 6) is -0.659. The van der Waals surface area contributed by atoms with Crippen LogP contribution < -0.4 is 5.63 Å². The van der Waals surface area contributed by atoms with Gasteiger partial charge in [-0.15, -0.1) is 0 Å². The van der Waals surface area contributed by atoms with E-state index in [4.69, 9.17) is 9.15 Å². The van der Waals surface area contributed by atoms with E-state index in [2.05, 4.69) is 0 Å². The summed E-state index contributed by atoms with van der Waals surface area (Å²) in [7, 11) is 0. The maximum Gasteiger partial charge on any atom is 0.351 e. The third kappa shape index (κ3) is 2.71. The summed E-state index contributed by atoms with van der Waals surface area (Å²) in [4.78, 5) is 24.9. The number of fused-ring (bicyclic) bond motifs is 1. The summed E-state index contributed by atoms with van der Waals surface area (Å²) in [6.07, 6.45) is 0. The van der Waals surface area contributed by atoms with Crippen LogP contribution in [-0.2, 0) is 4.74 Å². The monoisotopic (exact) mass is 322 g/mol. The van der Waals surface area contributed by atoms with Crippen LogP contribution >= 0.6 is 0 Å². The van der Waals surface area contributed by atoms with Crippen molar-refractivity contribution >= 4 is 16.9 Å². The molecular weight excluding hydrogens is 304 g/mol. The molecule has 3 aromatic rings. The Morgan fingerprint density at radius 1 is 1.12 bits per heavy atom. The highest BCUT2D eigenvalue weighted by Gasteiger charge is 2.24. The molecule has 4 nitrogen and oxygen atoms in total. The van der Waals surface area contributed by atoms with Gasteiger partial charge in [-0.25, -0.2) is 9.59 Å².